The molecule has 3 heteroatoms. The number of methoxy groups -OCH3 is 1. The van der Waals surface area contributed by atoms with Gasteiger partial charge in [0.05, 0.1) is 6.61 Å². The molecule has 0 saturated carbocycles. The molecule has 1 aliphatic heterocycles. The molecule has 3 atom stereocenters. The van der Waals surface area contributed by atoms with Crippen LogP contribution in [0.3, 0.4) is 0 Å². The third-order valence-corrected chi connectivity index (χ3v) is 4.18. The van der Waals surface area contributed by atoms with E-state index >= 15 is 0 Å². The first-order valence-electron chi connectivity index (χ1n) is 7.26. The summed E-state index contributed by atoms with van der Waals surface area (Å²) in [6, 6.07) is 11.1. The van der Waals surface area contributed by atoms with Gasteiger partial charge in [-0.25, -0.2) is 0 Å². The number of likely N-dealkylation sites (tertiary alicyclic amines) is 1. The highest BCUT2D eigenvalue weighted by atomic mass is 16.5. The van der Waals surface area contributed by atoms with Crippen molar-refractivity contribution in [2.75, 3.05) is 26.8 Å². The van der Waals surface area contributed by atoms with Gasteiger partial charge in [-0.1, -0.05) is 37.3 Å². The van der Waals surface area contributed by atoms with E-state index in [1.54, 1.807) is 7.11 Å². The maximum absolute atomic E-state index is 6.38. The Labute approximate surface area is 116 Å². The van der Waals surface area contributed by atoms with Crippen molar-refractivity contribution in [3.8, 4) is 0 Å². The summed E-state index contributed by atoms with van der Waals surface area (Å²) >= 11 is 0. The van der Waals surface area contributed by atoms with Crippen molar-refractivity contribution in [1.29, 1.82) is 0 Å². The quantitative estimate of drug-likeness (QED) is 0.855. The normalized spacial score (nSPS) is 23.4. The lowest BCUT2D eigenvalue weighted by molar-refractivity contribution is 0.104. The summed E-state index contributed by atoms with van der Waals surface area (Å²) in [7, 11) is 1.79. The Hall–Kier alpha value is -0.900. The van der Waals surface area contributed by atoms with Gasteiger partial charge < -0.3 is 10.5 Å². The van der Waals surface area contributed by atoms with E-state index in [9.17, 15) is 0 Å². The zero-order chi connectivity index (χ0) is 13.7. The molecule has 0 aliphatic carbocycles. The molecule has 1 aliphatic rings. The van der Waals surface area contributed by atoms with E-state index in [-0.39, 0.29) is 6.04 Å². The standard InChI is InChI=1S/C16H26N2O/c1-13(16(17)14-7-4-3-5-8-14)11-18-10-6-9-15(18)12-19-2/h3-5,7-8,13,15-16H,6,9-12,17H2,1-2H3/t13-,15+,16-/m1/s1. The molecule has 1 saturated heterocycles. The van der Waals surface area contributed by atoms with Gasteiger partial charge in [-0.15, -0.1) is 0 Å². The molecule has 19 heavy (non-hydrogen) atoms. The number of nitrogens with two attached hydrogens (primary N) is 1. The lowest BCUT2D eigenvalue weighted by atomic mass is 9.95. The summed E-state index contributed by atoms with van der Waals surface area (Å²) in [4.78, 5) is 2.54. The predicted molar refractivity (Wildman–Crippen MR) is 79.0 cm³/mol. The van der Waals surface area contributed by atoms with Crippen LogP contribution in [0.4, 0.5) is 0 Å². The first-order chi connectivity index (χ1) is 9.22. The molecular formula is C16H26N2O. The zero-order valence-electron chi connectivity index (χ0n) is 12.1. The number of benzene rings is 1. The lowest BCUT2D eigenvalue weighted by Gasteiger charge is -2.29. The minimum absolute atomic E-state index is 0.116. The highest BCUT2D eigenvalue weighted by Gasteiger charge is 2.27. The molecule has 0 aromatic heterocycles. The summed E-state index contributed by atoms with van der Waals surface area (Å²) < 4.78 is 5.31. The van der Waals surface area contributed by atoms with E-state index in [1.807, 2.05) is 6.07 Å². The topological polar surface area (TPSA) is 38.5 Å². The highest BCUT2D eigenvalue weighted by molar-refractivity contribution is 5.19. The van der Waals surface area contributed by atoms with Crippen LogP contribution in [0, 0.1) is 5.92 Å². The molecule has 1 aromatic carbocycles. The average Bonchev–Trinajstić information content (AvgIpc) is 2.86. The van der Waals surface area contributed by atoms with E-state index in [0.717, 1.165) is 13.2 Å². The van der Waals surface area contributed by atoms with Crippen LogP contribution >= 0.6 is 0 Å². The summed E-state index contributed by atoms with van der Waals surface area (Å²) in [5.74, 6) is 0.458. The van der Waals surface area contributed by atoms with Crippen LogP contribution in [0.15, 0.2) is 30.3 Å². The molecule has 106 valence electrons. The van der Waals surface area contributed by atoms with Crippen molar-refractivity contribution in [2.45, 2.75) is 31.8 Å². The lowest BCUT2D eigenvalue weighted by Crippen LogP contribution is -2.38. The van der Waals surface area contributed by atoms with E-state index < -0.39 is 0 Å². The van der Waals surface area contributed by atoms with Crippen LogP contribution in [0.2, 0.25) is 0 Å². The molecule has 1 heterocycles. The largest absolute Gasteiger partial charge is 0.383 e. The number of rotatable bonds is 6. The molecule has 0 bridgehead atoms. The maximum atomic E-state index is 6.38. The van der Waals surface area contributed by atoms with Gasteiger partial charge in [0.15, 0.2) is 0 Å². The first kappa shape index (κ1) is 14.5. The fourth-order valence-electron chi connectivity index (χ4n) is 3.00. The van der Waals surface area contributed by atoms with Crippen molar-refractivity contribution >= 4 is 0 Å². The van der Waals surface area contributed by atoms with Crippen LogP contribution < -0.4 is 5.73 Å². The van der Waals surface area contributed by atoms with Crippen LogP contribution in [0.1, 0.15) is 31.4 Å². The Morgan fingerprint density at radius 1 is 1.37 bits per heavy atom. The van der Waals surface area contributed by atoms with Crippen LogP contribution in [-0.4, -0.2) is 37.7 Å². The van der Waals surface area contributed by atoms with Crippen LogP contribution in [0.25, 0.3) is 0 Å². The number of hydrogen-bond donors (Lipinski definition) is 1. The highest BCUT2D eigenvalue weighted by Crippen LogP contribution is 2.24. The van der Waals surface area contributed by atoms with Crippen molar-refractivity contribution in [3.63, 3.8) is 0 Å². The monoisotopic (exact) mass is 262 g/mol. The summed E-state index contributed by atoms with van der Waals surface area (Å²) in [6.07, 6.45) is 2.53. The minimum atomic E-state index is 0.116. The van der Waals surface area contributed by atoms with Gasteiger partial charge in [0, 0.05) is 25.7 Å². The average molecular weight is 262 g/mol. The fraction of sp³-hybridized carbons (Fsp3) is 0.625. The molecular weight excluding hydrogens is 236 g/mol. The van der Waals surface area contributed by atoms with E-state index in [1.165, 1.54) is 24.9 Å². The fourth-order valence-corrected chi connectivity index (χ4v) is 3.00. The van der Waals surface area contributed by atoms with Crippen molar-refractivity contribution in [1.82, 2.24) is 4.90 Å². The third-order valence-electron chi connectivity index (χ3n) is 4.18. The van der Waals surface area contributed by atoms with Gasteiger partial charge in [0.25, 0.3) is 0 Å². The Bertz CT molecular complexity index is 368. The molecule has 3 nitrogen and oxygen atoms in total. The third kappa shape index (κ3) is 3.78. The molecule has 2 rings (SSSR count). The molecule has 0 amide bonds. The molecule has 0 radical (unpaired) electrons. The van der Waals surface area contributed by atoms with Gasteiger partial charge in [-0.2, -0.15) is 0 Å². The van der Waals surface area contributed by atoms with Gasteiger partial charge in [0.2, 0.25) is 0 Å². The number of ether oxygens (including phenoxy) is 1. The predicted octanol–water partition coefficient (Wildman–Crippen LogP) is 2.43. The van der Waals surface area contributed by atoms with E-state index in [4.69, 9.17) is 10.5 Å². The summed E-state index contributed by atoms with van der Waals surface area (Å²) in [6.45, 7) is 5.33. The number of hydrogen-bond acceptors (Lipinski definition) is 3. The van der Waals surface area contributed by atoms with Crippen molar-refractivity contribution < 1.29 is 4.74 Å². The molecule has 1 fully saturated rings. The van der Waals surface area contributed by atoms with Gasteiger partial charge in [0.1, 0.15) is 0 Å². The smallest absolute Gasteiger partial charge is 0.0618 e. The van der Waals surface area contributed by atoms with Gasteiger partial charge >= 0.3 is 0 Å². The van der Waals surface area contributed by atoms with Crippen molar-refractivity contribution in [3.05, 3.63) is 35.9 Å². The second kappa shape index (κ2) is 7.04. The SMILES string of the molecule is COC[C@@H]1CCCN1C[C@@H](C)[C@@H](N)c1ccccc1. The minimum Gasteiger partial charge on any atom is -0.383 e. The van der Waals surface area contributed by atoms with Gasteiger partial charge in [-0.3, -0.25) is 4.90 Å². The number of nitrogens with zero attached hydrogens (tertiary/aromatic N) is 1. The van der Waals surface area contributed by atoms with Crippen LogP contribution in [-0.2, 0) is 4.74 Å². The Balaban J connectivity index is 1.91. The van der Waals surface area contributed by atoms with Gasteiger partial charge in [-0.05, 0) is 30.9 Å². The van der Waals surface area contributed by atoms with E-state index in [2.05, 4.69) is 36.1 Å². The van der Waals surface area contributed by atoms with E-state index in [0.29, 0.717) is 12.0 Å². The molecule has 2 N–H and O–H groups in total. The Morgan fingerprint density at radius 3 is 2.79 bits per heavy atom. The zero-order valence-corrected chi connectivity index (χ0v) is 12.1. The summed E-state index contributed by atoms with van der Waals surface area (Å²) in [5.41, 5.74) is 7.61. The second-order valence-corrected chi connectivity index (χ2v) is 5.66. The first-order valence-corrected chi connectivity index (χ1v) is 7.26. The van der Waals surface area contributed by atoms with Crippen molar-refractivity contribution in [2.24, 2.45) is 11.7 Å². The second-order valence-electron chi connectivity index (χ2n) is 5.66. The molecule has 0 spiro atoms. The Kier molecular flexibility index (Phi) is 5.37. The summed E-state index contributed by atoms with van der Waals surface area (Å²) in [5, 5.41) is 0. The molecule has 0 unspecified atom stereocenters. The maximum Gasteiger partial charge on any atom is 0.0618 e. The molecule has 1 aromatic rings. The van der Waals surface area contributed by atoms with Crippen LogP contribution in [0.5, 0.6) is 0 Å². The Morgan fingerprint density at radius 2 is 2.11 bits per heavy atom.